The number of hydrogen-bond acceptors (Lipinski definition) is 5. The summed E-state index contributed by atoms with van der Waals surface area (Å²) in [5.41, 5.74) is 1.08. The Balaban J connectivity index is 1.35. The van der Waals surface area contributed by atoms with E-state index in [9.17, 15) is 9.59 Å². The lowest BCUT2D eigenvalue weighted by Crippen LogP contribution is -2.44. The Bertz CT molecular complexity index is 1040. The van der Waals surface area contributed by atoms with Crippen LogP contribution in [0.2, 0.25) is 0 Å². The topological polar surface area (TPSA) is 72.0 Å². The standard InChI is InChI=1S/C24H25N3O4/c1-26(14-17-7-3-4-11-25-17)22(28)20-19-9-10-24(31-19)15-27(23(29)21(20)24)13-16-6-5-8-18(12-16)30-2/h3-12,19-21H,13-15H2,1-2H3/t19-,20+,21+,24-/m0/s1. The number of rotatable bonds is 6. The molecule has 3 aliphatic heterocycles. The molecule has 160 valence electrons. The van der Waals surface area contributed by atoms with Crippen LogP contribution in [-0.4, -0.2) is 59.0 Å². The second-order valence-electron chi connectivity index (χ2n) is 8.46. The maximum absolute atomic E-state index is 13.4. The number of methoxy groups -OCH3 is 1. The SMILES string of the molecule is COc1cccc(CN2C[C@]34C=C[C@H](O3)[C@@H](C(=O)N(C)Cc3ccccn3)[C@@H]4C2=O)c1. The van der Waals surface area contributed by atoms with Crippen molar-refractivity contribution in [1.82, 2.24) is 14.8 Å². The van der Waals surface area contributed by atoms with Crippen molar-refractivity contribution in [3.05, 3.63) is 72.1 Å². The van der Waals surface area contributed by atoms with E-state index < -0.39 is 17.4 Å². The number of likely N-dealkylation sites (tertiary alicyclic amines) is 1. The molecule has 0 N–H and O–H groups in total. The first-order valence-electron chi connectivity index (χ1n) is 10.4. The molecule has 2 fully saturated rings. The van der Waals surface area contributed by atoms with Gasteiger partial charge < -0.3 is 19.3 Å². The van der Waals surface area contributed by atoms with E-state index in [4.69, 9.17) is 9.47 Å². The Morgan fingerprint density at radius 3 is 2.97 bits per heavy atom. The van der Waals surface area contributed by atoms with E-state index in [0.717, 1.165) is 17.0 Å². The van der Waals surface area contributed by atoms with Gasteiger partial charge in [-0.2, -0.15) is 0 Å². The average Bonchev–Trinajstić information content (AvgIpc) is 3.42. The van der Waals surface area contributed by atoms with Crippen LogP contribution < -0.4 is 4.74 Å². The molecule has 0 aliphatic carbocycles. The van der Waals surface area contributed by atoms with Gasteiger partial charge in [0.2, 0.25) is 11.8 Å². The van der Waals surface area contributed by atoms with Gasteiger partial charge >= 0.3 is 0 Å². The fourth-order valence-electron chi connectivity index (χ4n) is 5.05. The zero-order valence-corrected chi connectivity index (χ0v) is 17.6. The summed E-state index contributed by atoms with van der Waals surface area (Å²) in [5, 5.41) is 0. The van der Waals surface area contributed by atoms with Gasteiger partial charge in [0.1, 0.15) is 11.4 Å². The highest BCUT2D eigenvalue weighted by Gasteiger charge is 2.67. The Kier molecular flexibility index (Phi) is 4.78. The number of ether oxygens (including phenoxy) is 2. The molecular formula is C24H25N3O4. The maximum Gasteiger partial charge on any atom is 0.230 e. The quantitative estimate of drug-likeness (QED) is 0.670. The van der Waals surface area contributed by atoms with Crippen molar-refractivity contribution in [2.75, 3.05) is 20.7 Å². The first-order chi connectivity index (χ1) is 15.0. The van der Waals surface area contributed by atoms with Crippen LogP contribution in [0.5, 0.6) is 5.75 Å². The molecule has 1 aromatic heterocycles. The van der Waals surface area contributed by atoms with E-state index in [1.54, 1.807) is 30.2 Å². The third kappa shape index (κ3) is 3.29. The van der Waals surface area contributed by atoms with Crippen molar-refractivity contribution < 1.29 is 19.1 Å². The predicted octanol–water partition coefficient (Wildman–Crippen LogP) is 2.03. The van der Waals surface area contributed by atoms with Crippen molar-refractivity contribution >= 4 is 11.8 Å². The number of nitrogens with zero attached hydrogens (tertiary/aromatic N) is 3. The van der Waals surface area contributed by atoms with E-state index in [1.165, 1.54) is 0 Å². The van der Waals surface area contributed by atoms with Crippen LogP contribution in [0.3, 0.4) is 0 Å². The van der Waals surface area contributed by atoms with Crippen LogP contribution in [-0.2, 0) is 27.4 Å². The van der Waals surface area contributed by atoms with E-state index in [1.807, 2.05) is 54.6 Å². The van der Waals surface area contributed by atoms with Crippen LogP contribution in [0.4, 0.5) is 0 Å². The van der Waals surface area contributed by atoms with Crippen molar-refractivity contribution in [1.29, 1.82) is 0 Å². The van der Waals surface area contributed by atoms with E-state index in [2.05, 4.69) is 4.98 Å². The largest absolute Gasteiger partial charge is 0.497 e. The molecule has 2 saturated heterocycles. The first kappa shape index (κ1) is 19.8. The van der Waals surface area contributed by atoms with Crippen LogP contribution in [0.25, 0.3) is 0 Å². The highest BCUT2D eigenvalue weighted by molar-refractivity contribution is 5.93. The number of fused-ring (bicyclic) bond motifs is 1. The number of pyridine rings is 1. The van der Waals surface area contributed by atoms with Crippen LogP contribution >= 0.6 is 0 Å². The molecule has 31 heavy (non-hydrogen) atoms. The second kappa shape index (κ2) is 7.50. The fourth-order valence-corrected chi connectivity index (χ4v) is 5.05. The number of carbonyl (C=O) groups is 2. The summed E-state index contributed by atoms with van der Waals surface area (Å²) >= 11 is 0. The molecular weight excluding hydrogens is 394 g/mol. The molecule has 1 spiro atoms. The third-order valence-electron chi connectivity index (χ3n) is 6.47. The highest BCUT2D eigenvalue weighted by atomic mass is 16.5. The van der Waals surface area contributed by atoms with Gasteiger partial charge in [-0.3, -0.25) is 14.6 Å². The van der Waals surface area contributed by atoms with Crippen LogP contribution in [0.15, 0.2) is 60.8 Å². The molecule has 0 unspecified atom stereocenters. The second-order valence-corrected chi connectivity index (χ2v) is 8.46. The van der Waals surface area contributed by atoms with Gasteiger partial charge in [0.15, 0.2) is 0 Å². The number of aromatic nitrogens is 1. The predicted molar refractivity (Wildman–Crippen MR) is 113 cm³/mol. The third-order valence-corrected chi connectivity index (χ3v) is 6.47. The molecule has 7 heteroatoms. The van der Waals surface area contributed by atoms with Gasteiger partial charge in [0.25, 0.3) is 0 Å². The van der Waals surface area contributed by atoms with Gasteiger partial charge in [0.05, 0.1) is 43.8 Å². The van der Waals surface area contributed by atoms with Crippen molar-refractivity contribution in [3.8, 4) is 5.75 Å². The van der Waals surface area contributed by atoms with E-state index in [0.29, 0.717) is 19.6 Å². The van der Waals surface area contributed by atoms with Gasteiger partial charge in [-0.1, -0.05) is 30.4 Å². The van der Waals surface area contributed by atoms with Gasteiger partial charge in [-0.05, 0) is 29.8 Å². The van der Waals surface area contributed by atoms with E-state index in [-0.39, 0.29) is 17.9 Å². The summed E-state index contributed by atoms with van der Waals surface area (Å²) in [6.45, 7) is 1.31. The summed E-state index contributed by atoms with van der Waals surface area (Å²) in [7, 11) is 3.38. The van der Waals surface area contributed by atoms with Crippen LogP contribution in [0.1, 0.15) is 11.3 Å². The number of amides is 2. The molecule has 2 bridgehead atoms. The minimum atomic E-state index is -0.715. The molecule has 5 rings (SSSR count). The normalized spacial score (nSPS) is 28.1. The Hall–Kier alpha value is -3.19. The van der Waals surface area contributed by atoms with Gasteiger partial charge in [0, 0.05) is 19.8 Å². The molecule has 3 aliphatic rings. The summed E-state index contributed by atoms with van der Waals surface area (Å²) in [6, 6.07) is 13.3. The smallest absolute Gasteiger partial charge is 0.230 e. The fraction of sp³-hybridized carbons (Fsp3) is 0.375. The lowest BCUT2D eigenvalue weighted by Gasteiger charge is -2.27. The average molecular weight is 419 g/mol. The van der Waals surface area contributed by atoms with E-state index >= 15 is 0 Å². The molecule has 1 aromatic carbocycles. The molecule has 7 nitrogen and oxygen atoms in total. The molecule has 2 aromatic rings. The van der Waals surface area contributed by atoms with Gasteiger partial charge in [-0.25, -0.2) is 0 Å². The van der Waals surface area contributed by atoms with Gasteiger partial charge in [-0.15, -0.1) is 0 Å². The Morgan fingerprint density at radius 1 is 1.32 bits per heavy atom. The molecule has 0 radical (unpaired) electrons. The van der Waals surface area contributed by atoms with Crippen molar-refractivity contribution in [2.45, 2.75) is 24.8 Å². The van der Waals surface area contributed by atoms with Crippen LogP contribution in [0, 0.1) is 11.8 Å². The Labute approximate surface area is 181 Å². The number of hydrogen-bond donors (Lipinski definition) is 0. The zero-order chi connectivity index (χ0) is 21.6. The summed E-state index contributed by atoms with van der Waals surface area (Å²) in [5.74, 6) is -0.361. The minimum Gasteiger partial charge on any atom is -0.497 e. The first-order valence-corrected chi connectivity index (χ1v) is 10.4. The lowest BCUT2D eigenvalue weighted by molar-refractivity contribution is -0.142. The molecule has 2 amide bonds. The molecule has 4 atom stereocenters. The molecule has 0 saturated carbocycles. The summed E-state index contributed by atoms with van der Waals surface area (Å²) in [4.78, 5) is 34.5. The van der Waals surface area contributed by atoms with Crippen molar-refractivity contribution in [2.24, 2.45) is 11.8 Å². The molecule has 4 heterocycles. The monoisotopic (exact) mass is 419 g/mol. The minimum absolute atomic E-state index is 0.0285. The Morgan fingerprint density at radius 2 is 2.19 bits per heavy atom. The summed E-state index contributed by atoms with van der Waals surface area (Å²) < 4.78 is 11.5. The lowest BCUT2D eigenvalue weighted by atomic mass is 9.76. The zero-order valence-electron chi connectivity index (χ0n) is 17.6. The summed E-state index contributed by atoms with van der Waals surface area (Å²) in [6.07, 6.45) is 5.28. The number of carbonyl (C=O) groups excluding carboxylic acids is 2. The van der Waals surface area contributed by atoms with Crippen molar-refractivity contribution in [3.63, 3.8) is 0 Å². The highest BCUT2D eigenvalue weighted by Crippen LogP contribution is 2.52. The maximum atomic E-state index is 13.4. The number of benzene rings is 1.